The van der Waals surface area contributed by atoms with Crippen LogP contribution in [-0.4, -0.2) is 28.7 Å². The van der Waals surface area contributed by atoms with Crippen LogP contribution in [0.4, 0.5) is 0 Å². The second-order valence-corrected chi connectivity index (χ2v) is 5.95. The third kappa shape index (κ3) is 2.72. The molecule has 0 aromatic rings. The molecule has 1 heterocycles. The van der Waals surface area contributed by atoms with Crippen molar-refractivity contribution < 1.29 is 14.6 Å². The maximum absolute atomic E-state index is 12.5. The minimum Gasteiger partial charge on any atom is -0.390 e. The molecule has 1 saturated carbocycles. The van der Waals surface area contributed by atoms with Gasteiger partial charge < -0.3 is 9.84 Å². The van der Waals surface area contributed by atoms with Crippen LogP contribution in [0.2, 0.25) is 0 Å². The third-order valence-corrected chi connectivity index (χ3v) is 3.63. The molecule has 0 bridgehead atoms. The van der Waals surface area contributed by atoms with Gasteiger partial charge in [-0.2, -0.15) is 0 Å². The van der Waals surface area contributed by atoms with Gasteiger partial charge >= 0.3 is 0 Å². The zero-order chi connectivity index (χ0) is 14.2. The summed E-state index contributed by atoms with van der Waals surface area (Å²) in [6.45, 7) is 7.96. The van der Waals surface area contributed by atoms with E-state index in [0.717, 1.165) is 11.1 Å². The molecule has 2 rings (SSSR count). The molecule has 0 radical (unpaired) electrons. The number of ether oxygens (including phenoxy) is 1. The Hall–Kier alpha value is -1.19. The van der Waals surface area contributed by atoms with Gasteiger partial charge in [-0.1, -0.05) is 29.4 Å². The maximum Gasteiger partial charge on any atom is 0.193 e. The molecule has 0 spiro atoms. The minimum absolute atomic E-state index is 0.0396. The number of epoxide rings is 1. The van der Waals surface area contributed by atoms with Crippen molar-refractivity contribution in [3.05, 3.63) is 34.9 Å². The lowest BCUT2D eigenvalue weighted by atomic mass is 9.80. The van der Waals surface area contributed by atoms with Crippen LogP contribution in [0.1, 0.15) is 40.5 Å². The van der Waals surface area contributed by atoms with Crippen molar-refractivity contribution in [2.45, 2.75) is 58.3 Å². The Morgan fingerprint density at radius 3 is 2.63 bits per heavy atom. The molecule has 1 saturated heterocycles. The first kappa shape index (κ1) is 14.2. The highest BCUT2D eigenvalue weighted by Crippen LogP contribution is 2.50. The fourth-order valence-electron chi connectivity index (χ4n) is 2.49. The summed E-state index contributed by atoms with van der Waals surface area (Å²) in [4.78, 5) is 12.5. The van der Waals surface area contributed by atoms with E-state index in [-0.39, 0.29) is 11.9 Å². The smallest absolute Gasteiger partial charge is 0.193 e. The predicted molar refractivity (Wildman–Crippen MR) is 74.8 cm³/mol. The van der Waals surface area contributed by atoms with Crippen molar-refractivity contribution in [3.63, 3.8) is 0 Å². The van der Waals surface area contributed by atoms with E-state index >= 15 is 0 Å². The van der Waals surface area contributed by atoms with Crippen molar-refractivity contribution >= 4 is 5.78 Å². The first-order valence-electron chi connectivity index (χ1n) is 6.75. The molecule has 1 aliphatic heterocycles. The van der Waals surface area contributed by atoms with E-state index in [1.807, 2.05) is 45.9 Å². The van der Waals surface area contributed by atoms with E-state index in [0.29, 0.717) is 18.4 Å². The molecule has 3 atom stereocenters. The number of hydrogen-bond donors (Lipinski definition) is 1. The molecule has 0 aromatic heterocycles. The van der Waals surface area contributed by atoms with Crippen molar-refractivity contribution in [2.24, 2.45) is 0 Å². The Morgan fingerprint density at radius 2 is 2.05 bits per heavy atom. The Kier molecular flexibility index (Phi) is 3.79. The van der Waals surface area contributed by atoms with E-state index < -0.39 is 11.7 Å². The van der Waals surface area contributed by atoms with Crippen LogP contribution in [0.15, 0.2) is 34.9 Å². The molecular weight excluding hydrogens is 240 g/mol. The highest BCUT2D eigenvalue weighted by atomic mass is 16.6. The summed E-state index contributed by atoms with van der Waals surface area (Å²) in [5.74, 6) is 0.0396. The number of Topliss-reactive ketones (excluding diaryl/α,β-unsaturated/α-hetero) is 1. The van der Waals surface area contributed by atoms with Crippen molar-refractivity contribution in [1.29, 1.82) is 0 Å². The van der Waals surface area contributed by atoms with Crippen LogP contribution >= 0.6 is 0 Å². The molecule has 0 amide bonds. The van der Waals surface area contributed by atoms with Crippen LogP contribution in [-0.2, 0) is 9.53 Å². The molecule has 0 aromatic carbocycles. The van der Waals surface area contributed by atoms with Gasteiger partial charge in [-0.05, 0) is 27.7 Å². The summed E-state index contributed by atoms with van der Waals surface area (Å²) >= 11 is 0. The molecule has 104 valence electrons. The Bertz CT molecular complexity index is 476. The van der Waals surface area contributed by atoms with Crippen LogP contribution in [0.5, 0.6) is 0 Å². The highest BCUT2D eigenvalue weighted by molar-refractivity contribution is 6.06. The minimum atomic E-state index is -0.795. The molecule has 0 unspecified atom stereocenters. The Balaban J connectivity index is 2.24. The van der Waals surface area contributed by atoms with Gasteiger partial charge in [-0.3, -0.25) is 4.79 Å². The fourth-order valence-corrected chi connectivity index (χ4v) is 2.49. The second kappa shape index (κ2) is 5.06. The average molecular weight is 262 g/mol. The van der Waals surface area contributed by atoms with Crippen molar-refractivity contribution in [2.75, 3.05) is 0 Å². The quantitative estimate of drug-likeness (QED) is 0.483. The molecular formula is C16H22O3. The van der Waals surface area contributed by atoms with Gasteiger partial charge in [-0.15, -0.1) is 0 Å². The molecule has 2 fully saturated rings. The van der Waals surface area contributed by atoms with Gasteiger partial charge in [0.2, 0.25) is 0 Å². The maximum atomic E-state index is 12.5. The lowest BCUT2D eigenvalue weighted by Crippen LogP contribution is -2.39. The normalized spacial score (nSPS) is 34.8. The zero-order valence-corrected chi connectivity index (χ0v) is 12.1. The van der Waals surface area contributed by atoms with E-state index in [2.05, 4.69) is 0 Å². The summed E-state index contributed by atoms with van der Waals surface area (Å²) in [5, 5.41) is 10.0. The highest BCUT2D eigenvalue weighted by Gasteiger charge is 2.67. The number of hydrogen-bond acceptors (Lipinski definition) is 3. The Labute approximate surface area is 114 Å². The number of fused-ring (bicyclic) bond motifs is 1. The lowest BCUT2D eigenvalue weighted by Gasteiger charge is -2.21. The first-order valence-corrected chi connectivity index (χ1v) is 6.75. The van der Waals surface area contributed by atoms with Crippen molar-refractivity contribution in [3.8, 4) is 0 Å². The predicted octanol–water partition coefficient (Wildman–Crippen LogP) is 2.71. The number of carbonyl (C=O) groups is 1. The molecule has 3 nitrogen and oxygen atoms in total. The monoisotopic (exact) mass is 262 g/mol. The van der Waals surface area contributed by atoms with Gasteiger partial charge in [0, 0.05) is 18.4 Å². The SMILES string of the molecule is CC(C)=C/C=C1\C[C@H](O)[C@@H]2O[C@]2(CC=C(C)C)C1=O. The number of aliphatic hydroxyl groups is 1. The summed E-state index contributed by atoms with van der Waals surface area (Å²) < 4.78 is 5.57. The molecule has 19 heavy (non-hydrogen) atoms. The number of rotatable bonds is 3. The van der Waals surface area contributed by atoms with Crippen LogP contribution in [0, 0.1) is 0 Å². The summed E-state index contributed by atoms with van der Waals surface area (Å²) in [7, 11) is 0. The lowest BCUT2D eigenvalue weighted by molar-refractivity contribution is -0.121. The zero-order valence-electron chi connectivity index (χ0n) is 12.1. The molecule has 3 heteroatoms. The molecule has 1 N–H and O–H groups in total. The Morgan fingerprint density at radius 1 is 1.37 bits per heavy atom. The first-order chi connectivity index (χ1) is 8.86. The van der Waals surface area contributed by atoms with E-state index in [1.165, 1.54) is 0 Å². The van der Waals surface area contributed by atoms with Crippen LogP contribution in [0.3, 0.4) is 0 Å². The van der Waals surface area contributed by atoms with Gasteiger partial charge in [0.15, 0.2) is 11.4 Å². The number of ketones is 1. The number of carbonyl (C=O) groups excluding carboxylic acids is 1. The van der Waals surface area contributed by atoms with Gasteiger partial charge in [-0.25, -0.2) is 0 Å². The largest absolute Gasteiger partial charge is 0.390 e. The van der Waals surface area contributed by atoms with E-state index in [1.54, 1.807) is 0 Å². The van der Waals surface area contributed by atoms with E-state index in [4.69, 9.17) is 4.74 Å². The van der Waals surface area contributed by atoms with Gasteiger partial charge in [0.05, 0.1) is 6.10 Å². The molecule has 1 aliphatic carbocycles. The van der Waals surface area contributed by atoms with Gasteiger partial charge in [0.1, 0.15) is 6.10 Å². The summed E-state index contributed by atoms with van der Waals surface area (Å²) in [6, 6.07) is 0. The van der Waals surface area contributed by atoms with Crippen molar-refractivity contribution in [1.82, 2.24) is 0 Å². The summed E-state index contributed by atoms with van der Waals surface area (Å²) in [5.41, 5.74) is 2.17. The van der Waals surface area contributed by atoms with Gasteiger partial charge in [0.25, 0.3) is 0 Å². The fraction of sp³-hybridized carbons (Fsp3) is 0.562. The van der Waals surface area contributed by atoms with Crippen LogP contribution in [0.25, 0.3) is 0 Å². The molecule has 2 aliphatic rings. The second-order valence-electron chi connectivity index (χ2n) is 5.95. The van der Waals surface area contributed by atoms with E-state index in [9.17, 15) is 9.90 Å². The topological polar surface area (TPSA) is 49.8 Å². The standard InChI is InChI=1S/C16H22O3/c1-10(2)5-6-12-9-13(17)15-16(19-15,14(12)18)8-7-11(3)4/h5-7,13,15,17H,8-9H2,1-4H3/b12-6+/t13-,15-,16+/m0/s1. The number of allylic oxidation sites excluding steroid dienone is 4. The average Bonchev–Trinajstić information content (AvgIpc) is 3.06. The number of aliphatic hydroxyl groups excluding tert-OH is 1. The van der Waals surface area contributed by atoms with Crippen LogP contribution < -0.4 is 0 Å². The summed E-state index contributed by atoms with van der Waals surface area (Å²) in [6.07, 6.45) is 5.81. The third-order valence-electron chi connectivity index (χ3n) is 3.63.